The number of rotatable bonds is 4. The maximum absolute atomic E-state index is 8.75. The predicted molar refractivity (Wildman–Crippen MR) is 43.9 cm³/mol. The molecule has 1 atom stereocenters. The number of aliphatic hydroxyl groups excluding tert-OH is 1. The van der Waals surface area contributed by atoms with Crippen LogP contribution in [0.25, 0.3) is 0 Å². The van der Waals surface area contributed by atoms with Gasteiger partial charge in [0.15, 0.2) is 0 Å². The Morgan fingerprint density at radius 2 is 2.00 bits per heavy atom. The van der Waals surface area contributed by atoms with Gasteiger partial charge in [-0.15, -0.1) is 0 Å². The monoisotopic (exact) mass is 148 g/mol. The van der Waals surface area contributed by atoms with E-state index in [1.807, 2.05) is 11.8 Å². The second kappa shape index (κ2) is 5.12. The quantitative estimate of drug-likeness (QED) is 0.657. The van der Waals surface area contributed by atoms with E-state index in [0.717, 1.165) is 6.42 Å². The molecule has 1 nitrogen and oxygen atoms in total. The fourth-order valence-corrected chi connectivity index (χ4v) is 1.70. The zero-order chi connectivity index (χ0) is 7.28. The summed E-state index contributed by atoms with van der Waals surface area (Å²) < 4.78 is 0. The van der Waals surface area contributed by atoms with Crippen LogP contribution >= 0.6 is 11.8 Å². The van der Waals surface area contributed by atoms with Gasteiger partial charge in [-0.1, -0.05) is 20.8 Å². The van der Waals surface area contributed by atoms with Crippen molar-refractivity contribution < 1.29 is 5.11 Å². The topological polar surface area (TPSA) is 20.2 Å². The largest absolute Gasteiger partial charge is 0.395 e. The van der Waals surface area contributed by atoms with Gasteiger partial charge in [-0.25, -0.2) is 0 Å². The molecule has 9 heavy (non-hydrogen) atoms. The van der Waals surface area contributed by atoms with Crippen molar-refractivity contribution in [2.75, 3.05) is 6.61 Å². The first-order chi connectivity index (χ1) is 4.20. The molecule has 0 bridgehead atoms. The van der Waals surface area contributed by atoms with E-state index in [-0.39, 0.29) is 0 Å². The minimum absolute atomic E-state index is 0.319. The van der Waals surface area contributed by atoms with Gasteiger partial charge in [0.25, 0.3) is 0 Å². The molecule has 0 fully saturated rings. The summed E-state index contributed by atoms with van der Waals surface area (Å²) >= 11 is 1.85. The smallest absolute Gasteiger partial charge is 0.0550 e. The molecule has 0 heterocycles. The number of hydrogen-bond donors (Lipinski definition) is 1. The van der Waals surface area contributed by atoms with E-state index in [2.05, 4.69) is 20.8 Å². The van der Waals surface area contributed by atoms with Crippen LogP contribution in [0, 0.1) is 0 Å². The third-order valence-corrected chi connectivity index (χ3v) is 2.54. The van der Waals surface area contributed by atoms with E-state index < -0.39 is 0 Å². The van der Waals surface area contributed by atoms with Crippen LogP contribution < -0.4 is 0 Å². The van der Waals surface area contributed by atoms with Crippen LogP contribution in [0.4, 0.5) is 0 Å². The molecular formula is C7H16OS. The lowest BCUT2D eigenvalue weighted by Crippen LogP contribution is -2.09. The van der Waals surface area contributed by atoms with Gasteiger partial charge >= 0.3 is 0 Å². The van der Waals surface area contributed by atoms with Crippen molar-refractivity contribution in [1.82, 2.24) is 0 Å². The Balaban J connectivity index is 3.31. The molecule has 0 amide bonds. The predicted octanol–water partition coefficient (Wildman–Crippen LogP) is 1.90. The Hall–Kier alpha value is 0.310. The molecule has 1 unspecified atom stereocenters. The summed E-state index contributed by atoms with van der Waals surface area (Å²) in [6.45, 7) is 6.74. The van der Waals surface area contributed by atoms with E-state index >= 15 is 0 Å². The fraction of sp³-hybridized carbons (Fsp3) is 1.00. The van der Waals surface area contributed by atoms with E-state index in [0.29, 0.717) is 17.1 Å². The van der Waals surface area contributed by atoms with Crippen LogP contribution in [0.15, 0.2) is 0 Å². The molecule has 0 saturated heterocycles. The summed E-state index contributed by atoms with van der Waals surface area (Å²) in [7, 11) is 0. The van der Waals surface area contributed by atoms with Gasteiger partial charge in [-0.3, -0.25) is 0 Å². The first-order valence-electron chi connectivity index (χ1n) is 3.47. The maximum Gasteiger partial charge on any atom is 0.0550 e. The van der Waals surface area contributed by atoms with Crippen LogP contribution in [0.5, 0.6) is 0 Å². The second-order valence-electron chi connectivity index (χ2n) is 2.40. The highest BCUT2D eigenvalue weighted by molar-refractivity contribution is 8.00. The SMILES string of the molecule is CCC(CO)SC(C)C. The molecule has 0 aliphatic carbocycles. The summed E-state index contributed by atoms with van der Waals surface area (Å²) in [5.74, 6) is 0. The summed E-state index contributed by atoms with van der Waals surface area (Å²) in [5, 5.41) is 9.84. The Labute approximate surface area is 61.8 Å². The van der Waals surface area contributed by atoms with Crippen LogP contribution in [-0.4, -0.2) is 22.2 Å². The molecule has 0 radical (unpaired) electrons. The van der Waals surface area contributed by atoms with E-state index in [9.17, 15) is 0 Å². The Morgan fingerprint density at radius 3 is 2.11 bits per heavy atom. The van der Waals surface area contributed by atoms with E-state index in [1.165, 1.54) is 0 Å². The third-order valence-electron chi connectivity index (χ3n) is 1.12. The molecule has 0 aliphatic rings. The van der Waals surface area contributed by atoms with Gasteiger partial charge in [0.1, 0.15) is 0 Å². The van der Waals surface area contributed by atoms with Gasteiger partial charge < -0.3 is 5.11 Å². The van der Waals surface area contributed by atoms with Crippen molar-refractivity contribution in [3.8, 4) is 0 Å². The summed E-state index contributed by atoms with van der Waals surface area (Å²) in [4.78, 5) is 0. The molecule has 0 aromatic heterocycles. The molecule has 0 aromatic rings. The lowest BCUT2D eigenvalue weighted by atomic mass is 10.3. The van der Waals surface area contributed by atoms with Crippen molar-refractivity contribution in [3.63, 3.8) is 0 Å². The van der Waals surface area contributed by atoms with E-state index in [4.69, 9.17) is 5.11 Å². The van der Waals surface area contributed by atoms with Crippen molar-refractivity contribution >= 4 is 11.8 Å². The normalized spacial score (nSPS) is 14.3. The zero-order valence-electron chi connectivity index (χ0n) is 6.42. The average Bonchev–Trinajstić information content (AvgIpc) is 1.82. The molecule has 56 valence electrons. The van der Waals surface area contributed by atoms with Crippen LogP contribution in [0.1, 0.15) is 27.2 Å². The zero-order valence-corrected chi connectivity index (χ0v) is 7.24. The van der Waals surface area contributed by atoms with Crippen molar-refractivity contribution in [1.29, 1.82) is 0 Å². The van der Waals surface area contributed by atoms with Crippen molar-refractivity contribution in [2.24, 2.45) is 0 Å². The first kappa shape index (κ1) is 9.31. The summed E-state index contributed by atoms with van der Waals surface area (Å²) in [6, 6.07) is 0. The van der Waals surface area contributed by atoms with Crippen molar-refractivity contribution in [2.45, 2.75) is 37.7 Å². The Kier molecular flexibility index (Phi) is 5.30. The van der Waals surface area contributed by atoms with Gasteiger partial charge in [-0.2, -0.15) is 11.8 Å². The third kappa shape index (κ3) is 4.79. The van der Waals surface area contributed by atoms with Gasteiger partial charge in [0.05, 0.1) is 6.61 Å². The Morgan fingerprint density at radius 1 is 1.44 bits per heavy atom. The van der Waals surface area contributed by atoms with Gasteiger partial charge in [-0.05, 0) is 11.7 Å². The molecular weight excluding hydrogens is 132 g/mol. The summed E-state index contributed by atoms with van der Waals surface area (Å²) in [6.07, 6.45) is 1.07. The van der Waals surface area contributed by atoms with Crippen LogP contribution in [0.3, 0.4) is 0 Å². The highest BCUT2D eigenvalue weighted by Crippen LogP contribution is 2.18. The average molecular weight is 148 g/mol. The minimum atomic E-state index is 0.319. The van der Waals surface area contributed by atoms with Crippen molar-refractivity contribution in [3.05, 3.63) is 0 Å². The summed E-state index contributed by atoms with van der Waals surface area (Å²) in [5.41, 5.74) is 0. The van der Waals surface area contributed by atoms with Crippen LogP contribution in [-0.2, 0) is 0 Å². The molecule has 0 aromatic carbocycles. The lowest BCUT2D eigenvalue weighted by molar-refractivity contribution is 0.292. The molecule has 1 N–H and O–H groups in total. The molecule has 0 spiro atoms. The lowest BCUT2D eigenvalue weighted by Gasteiger charge is -2.12. The Bertz CT molecular complexity index is 59.9. The first-order valence-corrected chi connectivity index (χ1v) is 4.41. The highest BCUT2D eigenvalue weighted by atomic mass is 32.2. The standard InChI is InChI=1S/C7H16OS/c1-4-7(5-8)9-6(2)3/h6-8H,4-5H2,1-3H3. The molecule has 2 heteroatoms. The highest BCUT2D eigenvalue weighted by Gasteiger charge is 2.05. The molecule has 0 saturated carbocycles. The minimum Gasteiger partial charge on any atom is -0.395 e. The fourth-order valence-electron chi connectivity index (χ4n) is 0.653. The molecule has 0 rings (SSSR count). The van der Waals surface area contributed by atoms with Crippen LogP contribution in [0.2, 0.25) is 0 Å². The van der Waals surface area contributed by atoms with E-state index in [1.54, 1.807) is 0 Å². The number of hydrogen-bond acceptors (Lipinski definition) is 2. The van der Waals surface area contributed by atoms with Gasteiger partial charge in [0, 0.05) is 5.25 Å². The molecule has 0 aliphatic heterocycles. The second-order valence-corrected chi connectivity index (χ2v) is 4.28. The maximum atomic E-state index is 8.75. The van der Waals surface area contributed by atoms with Gasteiger partial charge in [0.2, 0.25) is 0 Å². The number of aliphatic hydroxyl groups is 1. The number of thioether (sulfide) groups is 1.